The van der Waals surface area contributed by atoms with Gasteiger partial charge in [0.2, 0.25) is 0 Å². The van der Waals surface area contributed by atoms with E-state index in [-0.39, 0.29) is 12.4 Å². The lowest BCUT2D eigenvalue weighted by molar-refractivity contribution is 0.140. The van der Waals surface area contributed by atoms with Crippen molar-refractivity contribution < 1.29 is 0 Å². The summed E-state index contributed by atoms with van der Waals surface area (Å²) < 4.78 is 2.11. The van der Waals surface area contributed by atoms with Crippen molar-refractivity contribution in [2.45, 2.75) is 51.7 Å². The summed E-state index contributed by atoms with van der Waals surface area (Å²) in [6, 6.07) is 3.11. The molecular formula is C13H25ClN4. The maximum Gasteiger partial charge on any atom is 0.0527 e. The van der Waals surface area contributed by atoms with Gasteiger partial charge in [-0.15, -0.1) is 12.4 Å². The quantitative estimate of drug-likeness (QED) is 0.914. The topological polar surface area (TPSA) is 47.1 Å². The predicted molar refractivity (Wildman–Crippen MR) is 77.0 cm³/mol. The van der Waals surface area contributed by atoms with Crippen LogP contribution in [0, 0.1) is 0 Å². The monoisotopic (exact) mass is 272 g/mol. The van der Waals surface area contributed by atoms with Gasteiger partial charge in [-0.1, -0.05) is 6.42 Å². The van der Waals surface area contributed by atoms with Crippen LogP contribution < -0.4 is 5.73 Å². The Morgan fingerprint density at radius 2 is 2.22 bits per heavy atom. The first-order valence-corrected chi connectivity index (χ1v) is 6.69. The minimum absolute atomic E-state index is 0. The first-order chi connectivity index (χ1) is 8.22. The fourth-order valence-corrected chi connectivity index (χ4v) is 2.68. The Bertz CT molecular complexity index is 351. The molecule has 0 saturated carbocycles. The van der Waals surface area contributed by atoms with Gasteiger partial charge in [-0.2, -0.15) is 5.10 Å². The lowest BCUT2D eigenvalue weighted by Gasteiger charge is -2.35. The second kappa shape index (κ2) is 7.12. The third-order valence-corrected chi connectivity index (χ3v) is 3.63. The van der Waals surface area contributed by atoms with Crippen LogP contribution in [0.1, 0.15) is 44.8 Å². The number of aromatic nitrogens is 2. The SMILES string of the molecule is CC(C)n1nccc1CN1CCCCC1CN.Cl. The van der Waals surface area contributed by atoms with Gasteiger partial charge in [-0.05, 0) is 39.3 Å². The molecule has 1 fully saturated rings. The van der Waals surface area contributed by atoms with Gasteiger partial charge in [0.15, 0.2) is 0 Å². The number of likely N-dealkylation sites (tertiary alicyclic amines) is 1. The lowest BCUT2D eigenvalue weighted by Crippen LogP contribution is -2.43. The second-order valence-electron chi connectivity index (χ2n) is 5.22. The third-order valence-electron chi connectivity index (χ3n) is 3.63. The molecular weight excluding hydrogens is 248 g/mol. The first-order valence-electron chi connectivity index (χ1n) is 6.69. The van der Waals surface area contributed by atoms with Gasteiger partial charge in [0.05, 0.1) is 5.69 Å². The third kappa shape index (κ3) is 3.46. The van der Waals surface area contributed by atoms with Gasteiger partial charge >= 0.3 is 0 Å². The summed E-state index contributed by atoms with van der Waals surface area (Å²) in [6.07, 6.45) is 5.76. The van der Waals surface area contributed by atoms with Crippen molar-refractivity contribution >= 4 is 12.4 Å². The summed E-state index contributed by atoms with van der Waals surface area (Å²) in [4.78, 5) is 2.51. The summed E-state index contributed by atoms with van der Waals surface area (Å²) in [5, 5.41) is 4.39. The van der Waals surface area contributed by atoms with Crippen molar-refractivity contribution in [2.24, 2.45) is 5.73 Å². The number of halogens is 1. The number of piperidine rings is 1. The van der Waals surface area contributed by atoms with Gasteiger partial charge in [0.25, 0.3) is 0 Å². The van der Waals surface area contributed by atoms with Crippen molar-refractivity contribution in [1.29, 1.82) is 0 Å². The molecule has 0 aromatic carbocycles. The molecule has 4 nitrogen and oxygen atoms in total. The number of hydrogen-bond acceptors (Lipinski definition) is 3. The average Bonchev–Trinajstić information content (AvgIpc) is 2.78. The Kier molecular flexibility index (Phi) is 6.12. The molecule has 1 saturated heterocycles. The Morgan fingerprint density at radius 3 is 2.89 bits per heavy atom. The molecule has 1 aromatic rings. The van der Waals surface area contributed by atoms with E-state index < -0.39 is 0 Å². The number of nitrogens with zero attached hydrogens (tertiary/aromatic N) is 3. The smallest absolute Gasteiger partial charge is 0.0527 e. The maximum absolute atomic E-state index is 5.86. The molecule has 2 rings (SSSR count). The number of hydrogen-bond donors (Lipinski definition) is 1. The van der Waals surface area contributed by atoms with E-state index >= 15 is 0 Å². The highest BCUT2D eigenvalue weighted by Gasteiger charge is 2.22. The molecule has 1 aromatic heterocycles. The number of nitrogens with two attached hydrogens (primary N) is 1. The van der Waals surface area contributed by atoms with Crippen LogP contribution in [0.25, 0.3) is 0 Å². The molecule has 0 spiro atoms. The molecule has 2 N–H and O–H groups in total. The van der Waals surface area contributed by atoms with E-state index in [2.05, 4.69) is 34.6 Å². The average molecular weight is 273 g/mol. The Morgan fingerprint density at radius 1 is 1.44 bits per heavy atom. The lowest BCUT2D eigenvalue weighted by atomic mass is 10.0. The van der Waals surface area contributed by atoms with E-state index in [0.717, 1.165) is 13.1 Å². The Hall–Kier alpha value is -0.580. The highest BCUT2D eigenvalue weighted by atomic mass is 35.5. The standard InChI is InChI=1S/C13H24N4.ClH/c1-11(2)17-13(6-7-15-17)10-16-8-4-3-5-12(16)9-14;/h6-7,11-12H,3-5,8-10,14H2,1-2H3;1H. The van der Waals surface area contributed by atoms with Crippen LogP contribution in [0.3, 0.4) is 0 Å². The summed E-state index contributed by atoms with van der Waals surface area (Å²) in [5.41, 5.74) is 7.16. The van der Waals surface area contributed by atoms with Crippen molar-refractivity contribution in [2.75, 3.05) is 13.1 Å². The van der Waals surface area contributed by atoms with E-state index in [1.807, 2.05) is 6.20 Å². The van der Waals surface area contributed by atoms with Gasteiger partial charge in [0, 0.05) is 31.4 Å². The zero-order valence-corrected chi connectivity index (χ0v) is 12.2. The van der Waals surface area contributed by atoms with Crippen molar-refractivity contribution in [3.05, 3.63) is 18.0 Å². The van der Waals surface area contributed by atoms with Crippen molar-refractivity contribution in [3.8, 4) is 0 Å². The molecule has 1 unspecified atom stereocenters. The molecule has 0 bridgehead atoms. The number of rotatable bonds is 4. The summed E-state index contributed by atoms with van der Waals surface area (Å²) in [5.74, 6) is 0. The molecule has 2 heterocycles. The van der Waals surface area contributed by atoms with E-state index in [0.29, 0.717) is 12.1 Å². The van der Waals surface area contributed by atoms with Crippen LogP contribution in [0.4, 0.5) is 0 Å². The first kappa shape index (κ1) is 15.5. The maximum atomic E-state index is 5.86. The summed E-state index contributed by atoms with van der Waals surface area (Å²) in [7, 11) is 0. The van der Waals surface area contributed by atoms with Crippen molar-refractivity contribution in [1.82, 2.24) is 14.7 Å². The van der Waals surface area contributed by atoms with Crippen LogP contribution >= 0.6 is 12.4 Å². The fraction of sp³-hybridized carbons (Fsp3) is 0.769. The van der Waals surface area contributed by atoms with Crippen molar-refractivity contribution in [3.63, 3.8) is 0 Å². The largest absolute Gasteiger partial charge is 0.329 e. The molecule has 1 aliphatic rings. The summed E-state index contributed by atoms with van der Waals surface area (Å²) >= 11 is 0. The molecule has 1 aliphatic heterocycles. The molecule has 18 heavy (non-hydrogen) atoms. The van der Waals surface area contributed by atoms with Crippen LogP contribution in [0.15, 0.2) is 12.3 Å². The zero-order valence-electron chi connectivity index (χ0n) is 11.4. The highest BCUT2D eigenvalue weighted by Crippen LogP contribution is 2.19. The zero-order chi connectivity index (χ0) is 12.3. The fourth-order valence-electron chi connectivity index (χ4n) is 2.68. The molecule has 5 heteroatoms. The molecule has 0 aliphatic carbocycles. The Balaban J connectivity index is 0.00000162. The van der Waals surface area contributed by atoms with Crippen LogP contribution in [-0.4, -0.2) is 33.8 Å². The summed E-state index contributed by atoms with van der Waals surface area (Å²) in [6.45, 7) is 7.28. The van der Waals surface area contributed by atoms with Gasteiger partial charge in [-0.25, -0.2) is 0 Å². The van der Waals surface area contributed by atoms with Gasteiger partial charge in [0.1, 0.15) is 0 Å². The van der Waals surface area contributed by atoms with E-state index in [4.69, 9.17) is 5.73 Å². The van der Waals surface area contributed by atoms with Crippen LogP contribution in [0.5, 0.6) is 0 Å². The normalized spacial score (nSPS) is 21.0. The van der Waals surface area contributed by atoms with E-state index in [1.54, 1.807) is 0 Å². The molecule has 0 radical (unpaired) electrons. The second-order valence-corrected chi connectivity index (χ2v) is 5.22. The molecule has 1 atom stereocenters. The molecule has 104 valence electrons. The van der Waals surface area contributed by atoms with Gasteiger partial charge < -0.3 is 5.73 Å². The van der Waals surface area contributed by atoms with E-state index in [9.17, 15) is 0 Å². The van der Waals surface area contributed by atoms with Crippen LogP contribution in [0.2, 0.25) is 0 Å². The predicted octanol–water partition coefficient (Wildman–Crippen LogP) is 2.20. The van der Waals surface area contributed by atoms with E-state index in [1.165, 1.54) is 31.5 Å². The Labute approximate surface area is 116 Å². The minimum Gasteiger partial charge on any atom is -0.329 e. The minimum atomic E-state index is 0. The highest BCUT2D eigenvalue weighted by molar-refractivity contribution is 5.85. The van der Waals surface area contributed by atoms with Gasteiger partial charge in [-0.3, -0.25) is 9.58 Å². The van der Waals surface area contributed by atoms with Crippen LogP contribution in [-0.2, 0) is 6.54 Å². The molecule has 0 amide bonds.